The van der Waals surface area contributed by atoms with Gasteiger partial charge in [-0.2, -0.15) is 0 Å². The molecule has 2 aliphatic rings. The van der Waals surface area contributed by atoms with Crippen LogP contribution in [0.3, 0.4) is 0 Å². The third-order valence-electron chi connectivity index (χ3n) is 5.00. The van der Waals surface area contributed by atoms with E-state index < -0.39 is 5.60 Å². The van der Waals surface area contributed by atoms with Crippen molar-refractivity contribution >= 4 is 0 Å². The van der Waals surface area contributed by atoms with E-state index in [-0.39, 0.29) is 0 Å². The molecular formula is C16H23NO. The molecule has 1 aromatic carbocycles. The zero-order valence-electron chi connectivity index (χ0n) is 11.7. The van der Waals surface area contributed by atoms with Gasteiger partial charge in [0.25, 0.3) is 0 Å². The lowest BCUT2D eigenvalue weighted by Gasteiger charge is -2.32. The Morgan fingerprint density at radius 2 is 1.83 bits per heavy atom. The van der Waals surface area contributed by atoms with E-state index in [2.05, 4.69) is 37.8 Å². The predicted octanol–water partition coefficient (Wildman–Crippen LogP) is 2.67. The van der Waals surface area contributed by atoms with Gasteiger partial charge in [-0.15, -0.1) is 0 Å². The minimum absolute atomic E-state index is 0.346. The zero-order valence-corrected chi connectivity index (χ0v) is 11.7. The number of benzene rings is 1. The van der Waals surface area contributed by atoms with Crippen LogP contribution in [0.4, 0.5) is 0 Å². The van der Waals surface area contributed by atoms with Crippen LogP contribution >= 0.6 is 0 Å². The highest BCUT2D eigenvalue weighted by molar-refractivity contribution is 5.41. The van der Waals surface area contributed by atoms with E-state index in [4.69, 9.17) is 0 Å². The molecule has 2 heteroatoms. The summed E-state index contributed by atoms with van der Waals surface area (Å²) in [6.45, 7) is 8.64. The highest BCUT2D eigenvalue weighted by atomic mass is 16.3. The second-order valence-corrected chi connectivity index (χ2v) is 6.12. The molecular weight excluding hydrogens is 222 g/mol. The van der Waals surface area contributed by atoms with E-state index >= 15 is 0 Å². The van der Waals surface area contributed by atoms with Gasteiger partial charge in [0.05, 0.1) is 0 Å². The Morgan fingerprint density at radius 3 is 2.61 bits per heavy atom. The number of fused-ring (bicyclic) bond motifs is 1. The molecule has 1 N–H and O–H groups in total. The van der Waals surface area contributed by atoms with E-state index in [0.29, 0.717) is 6.04 Å². The summed E-state index contributed by atoms with van der Waals surface area (Å²) < 4.78 is 0. The van der Waals surface area contributed by atoms with Crippen LogP contribution in [0.25, 0.3) is 0 Å². The third-order valence-corrected chi connectivity index (χ3v) is 5.00. The van der Waals surface area contributed by atoms with Crippen molar-refractivity contribution in [3.8, 4) is 0 Å². The first-order chi connectivity index (χ1) is 8.52. The molecule has 2 saturated heterocycles. The van der Waals surface area contributed by atoms with E-state index in [1.165, 1.54) is 28.7 Å². The van der Waals surface area contributed by atoms with Crippen LogP contribution in [0, 0.1) is 20.8 Å². The molecule has 0 aromatic heterocycles. The average Bonchev–Trinajstić information content (AvgIpc) is 2.89. The summed E-state index contributed by atoms with van der Waals surface area (Å²) in [6.07, 6.45) is 3.26. The minimum atomic E-state index is -0.612. The maximum absolute atomic E-state index is 11.2. The first-order valence-corrected chi connectivity index (χ1v) is 7.07. The van der Waals surface area contributed by atoms with Gasteiger partial charge < -0.3 is 5.11 Å². The van der Waals surface area contributed by atoms with E-state index in [1.54, 1.807) is 0 Å². The quantitative estimate of drug-likeness (QED) is 0.822. The van der Waals surface area contributed by atoms with Crippen LogP contribution in [-0.2, 0) is 5.60 Å². The summed E-state index contributed by atoms with van der Waals surface area (Å²) in [5.74, 6) is 0. The van der Waals surface area contributed by atoms with Gasteiger partial charge in [0, 0.05) is 12.6 Å². The molecule has 2 heterocycles. The Bertz CT molecular complexity index is 482. The normalized spacial score (nSPS) is 31.9. The van der Waals surface area contributed by atoms with Gasteiger partial charge in [0.2, 0.25) is 0 Å². The molecule has 18 heavy (non-hydrogen) atoms. The van der Waals surface area contributed by atoms with Gasteiger partial charge in [-0.25, -0.2) is 0 Å². The molecule has 0 spiro atoms. The Morgan fingerprint density at radius 1 is 1.11 bits per heavy atom. The monoisotopic (exact) mass is 245 g/mol. The molecule has 3 rings (SSSR count). The maximum Gasteiger partial charge on any atom is 0.107 e. The lowest BCUT2D eigenvalue weighted by molar-refractivity contribution is 0.00877. The fourth-order valence-corrected chi connectivity index (χ4v) is 3.86. The molecule has 2 atom stereocenters. The molecule has 0 saturated carbocycles. The van der Waals surface area contributed by atoms with Crippen molar-refractivity contribution in [2.75, 3.05) is 13.1 Å². The summed E-state index contributed by atoms with van der Waals surface area (Å²) in [7, 11) is 0. The van der Waals surface area contributed by atoms with Gasteiger partial charge >= 0.3 is 0 Å². The second-order valence-electron chi connectivity index (χ2n) is 6.12. The Labute approximate surface area is 110 Å². The van der Waals surface area contributed by atoms with Gasteiger partial charge in [-0.3, -0.25) is 4.90 Å². The number of aliphatic hydroxyl groups is 1. The molecule has 2 fully saturated rings. The topological polar surface area (TPSA) is 23.5 Å². The lowest BCUT2D eigenvalue weighted by atomic mass is 9.81. The summed E-state index contributed by atoms with van der Waals surface area (Å²) in [5.41, 5.74) is 4.41. The molecule has 98 valence electrons. The smallest absolute Gasteiger partial charge is 0.107 e. The van der Waals surface area contributed by atoms with Crippen LogP contribution in [-0.4, -0.2) is 29.1 Å². The highest BCUT2D eigenvalue weighted by Crippen LogP contribution is 2.44. The Kier molecular flexibility index (Phi) is 2.76. The zero-order chi connectivity index (χ0) is 12.9. The third kappa shape index (κ3) is 1.63. The van der Waals surface area contributed by atoms with Gasteiger partial charge in [0.1, 0.15) is 5.60 Å². The minimum Gasteiger partial charge on any atom is -0.383 e. The van der Waals surface area contributed by atoms with Crippen molar-refractivity contribution < 1.29 is 5.11 Å². The molecule has 1 aromatic rings. The first kappa shape index (κ1) is 12.2. The van der Waals surface area contributed by atoms with E-state index in [0.717, 1.165) is 25.9 Å². The fourth-order valence-electron chi connectivity index (χ4n) is 3.86. The van der Waals surface area contributed by atoms with Gasteiger partial charge in [0.15, 0.2) is 0 Å². The van der Waals surface area contributed by atoms with Crippen LogP contribution in [0.15, 0.2) is 12.1 Å². The Hall–Kier alpha value is -0.860. The van der Waals surface area contributed by atoms with Crippen LogP contribution in [0.2, 0.25) is 0 Å². The van der Waals surface area contributed by atoms with Crippen molar-refractivity contribution in [3.63, 3.8) is 0 Å². The number of aryl methyl sites for hydroxylation is 3. The summed E-state index contributed by atoms with van der Waals surface area (Å²) in [4.78, 5) is 2.47. The van der Waals surface area contributed by atoms with E-state index in [9.17, 15) is 5.11 Å². The van der Waals surface area contributed by atoms with Crippen LogP contribution < -0.4 is 0 Å². The molecule has 0 radical (unpaired) electrons. The molecule has 2 unspecified atom stereocenters. The maximum atomic E-state index is 11.2. The second kappa shape index (κ2) is 4.07. The van der Waals surface area contributed by atoms with Crippen molar-refractivity contribution in [3.05, 3.63) is 34.4 Å². The number of nitrogens with zero attached hydrogens (tertiary/aromatic N) is 1. The molecule has 0 bridgehead atoms. The summed E-state index contributed by atoms with van der Waals surface area (Å²) in [5, 5.41) is 11.2. The largest absolute Gasteiger partial charge is 0.383 e. The first-order valence-electron chi connectivity index (χ1n) is 7.07. The predicted molar refractivity (Wildman–Crippen MR) is 73.8 cm³/mol. The van der Waals surface area contributed by atoms with Gasteiger partial charge in [-0.05, 0) is 68.8 Å². The van der Waals surface area contributed by atoms with Crippen LogP contribution in [0.5, 0.6) is 0 Å². The fraction of sp³-hybridized carbons (Fsp3) is 0.625. The summed E-state index contributed by atoms with van der Waals surface area (Å²) in [6, 6.07) is 4.78. The lowest BCUT2D eigenvalue weighted by Crippen LogP contribution is -2.39. The molecule has 0 amide bonds. The number of hydrogen-bond acceptors (Lipinski definition) is 2. The van der Waals surface area contributed by atoms with Crippen molar-refractivity contribution in [2.45, 2.75) is 51.7 Å². The highest BCUT2D eigenvalue weighted by Gasteiger charge is 2.49. The Balaban J connectivity index is 2.06. The molecule has 2 aliphatic heterocycles. The SMILES string of the molecule is Cc1cc(C)c(C2(O)CCN3CCCC32)cc1C. The van der Waals surface area contributed by atoms with Gasteiger partial charge in [-0.1, -0.05) is 12.1 Å². The van der Waals surface area contributed by atoms with Crippen molar-refractivity contribution in [2.24, 2.45) is 0 Å². The molecule has 2 nitrogen and oxygen atoms in total. The van der Waals surface area contributed by atoms with E-state index in [1.807, 2.05) is 0 Å². The van der Waals surface area contributed by atoms with Crippen molar-refractivity contribution in [1.29, 1.82) is 0 Å². The standard InChI is InChI=1S/C16H23NO/c1-11-9-13(3)14(10-12(11)2)16(18)6-8-17-7-4-5-15(16)17/h9-10,15,18H,4-8H2,1-3H3. The van der Waals surface area contributed by atoms with Crippen LogP contribution in [0.1, 0.15) is 41.5 Å². The number of rotatable bonds is 1. The number of hydrogen-bond donors (Lipinski definition) is 1. The van der Waals surface area contributed by atoms with Crippen molar-refractivity contribution in [1.82, 2.24) is 4.90 Å². The molecule has 0 aliphatic carbocycles. The average molecular weight is 245 g/mol. The summed E-state index contributed by atoms with van der Waals surface area (Å²) >= 11 is 0.